The van der Waals surface area contributed by atoms with Crippen LogP contribution in [0.2, 0.25) is 0 Å². The van der Waals surface area contributed by atoms with Crippen molar-refractivity contribution < 1.29 is 9.18 Å². The van der Waals surface area contributed by atoms with Crippen LogP contribution in [0, 0.1) is 5.82 Å². The van der Waals surface area contributed by atoms with Crippen molar-refractivity contribution in [3.8, 4) is 11.1 Å². The van der Waals surface area contributed by atoms with Gasteiger partial charge in [0.15, 0.2) is 0 Å². The van der Waals surface area contributed by atoms with Crippen molar-refractivity contribution in [2.24, 2.45) is 0 Å². The lowest BCUT2D eigenvalue weighted by Gasteiger charge is -2.37. The minimum absolute atomic E-state index is 0.0227. The summed E-state index contributed by atoms with van der Waals surface area (Å²) in [5.41, 5.74) is 4.63. The van der Waals surface area contributed by atoms with E-state index in [4.69, 9.17) is 0 Å². The highest BCUT2D eigenvalue weighted by Crippen LogP contribution is 2.30. The van der Waals surface area contributed by atoms with Gasteiger partial charge in [0.2, 0.25) is 0 Å². The maximum Gasteiger partial charge on any atom is 0.258 e. The van der Waals surface area contributed by atoms with Gasteiger partial charge in [-0.25, -0.2) is 14.4 Å². The molecule has 0 unspecified atom stereocenters. The van der Waals surface area contributed by atoms with Gasteiger partial charge in [0.1, 0.15) is 18.0 Å². The Morgan fingerprint density at radius 2 is 1.73 bits per heavy atom. The van der Waals surface area contributed by atoms with Crippen molar-refractivity contribution in [2.75, 3.05) is 41.3 Å². The summed E-state index contributed by atoms with van der Waals surface area (Å²) in [7, 11) is 0. The number of carbonyl (C=O) groups is 1. The van der Waals surface area contributed by atoms with Crippen molar-refractivity contribution in [2.45, 2.75) is 0 Å². The van der Waals surface area contributed by atoms with E-state index in [1.165, 1.54) is 12.1 Å². The van der Waals surface area contributed by atoms with Crippen LogP contribution < -0.4 is 15.1 Å². The molecule has 0 radical (unpaired) electrons. The van der Waals surface area contributed by atoms with Gasteiger partial charge in [-0.2, -0.15) is 5.10 Å². The lowest BCUT2D eigenvalue weighted by Crippen LogP contribution is -2.47. The normalized spacial score (nSPS) is 13.6. The molecule has 6 rings (SSSR count). The number of amides is 1. The molecule has 8 nitrogen and oxygen atoms in total. The second kappa shape index (κ2) is 9.69. The van der Waals surface area contributed by atoms with E-state index in [1.54, 1.807) is 24.7 Å². The maximum atomic E-state index is 14.0. The molecule has 1 aliphatic rings. The molecule has 1 saturated heterocycles. The van der Waals surface area contributed by atoms with Gasteiger partial charge in [-0.15, -0.1) is 0 Å². The number of aromatic nitrogens is 4. The Kier molecular flexibility index (Phi) is 5.94. The molecule has 2 N–H and O–H groups in total. The number of aromatic amines is 1. The van der Waals surface area contributed by atoms with E-state index in [9.17, 15) is 9.18 Å². The van der Waals surface area contributed by atoms with Crippen molar-refractivity contribution in [1.82, 2.24) is 20.2 Å². The highest BCUT2D eigenvalue weighted by molar-refractivity contribution is 6.04. The van der Waals surface area contributed by atoms with Crippen LogP contribution in [-0.4, -0.2) is 52.3 Å². The Labute approximate surface area is 212 Å². The van der Waals surface area contributed by atoms with Crippen LogP contribution in [0.15, 0.2) is 85.5 Å². The average Bonchev–Trinajstić information content (AvgIpc) is 3.48. The average molecular weight is 494 g/mol. The number of carbonyl (C=O) groups excluding carboxylic acids is 1. The second-order valence-corrected chi connectivity index (χ2v) is 8.87. The van der Waals surface area contributed by atoms with Crippen LogP contribution in [0.4, 0.5) is 21.6 Å². The highest BCUT2D eigenvalue weighted by atomic mass is 19.1. The summed E-state index contributed by atoms with van der Waals surface area (Å²) in [4.78, 5) is 26.2. The molecule has 1 aliphatic heterocycles. The van der Waals surface area contributed by atoms with Crippen LogP contribution >= 0.6 is 0 Å². The van der Waals surface area contributed by atoms with Gasteiger partial charge in [0.05, 0.1) is 17.3 Å². The number of fused-ring (bicyclic) bond motifs is 1. The largest absolute Gasteiger partial charge is 0.368 e. The lowest BCUT2D eigenvalue weighted by atomic mass is 10.1. The summed E-state index contributed by atoms with van der Waals surface area (Å²) < 4.78 is 14.0. The first-order valence-corrected chi connectivity index (χ1v) is 12.1. The fourth-order valence-electron chi connectivity index (χ4n) is 4.68. The summed E-state index contributed by atoms with van der Waals surface area (Å²) in [5, 5.41) is 10.7. The molecule has 1 fully saturated rings. The number of anilines is 3. The molecule has 5 aromatic rings. The van der Waals surface area contributed by atoms with Crippen LogP contribution in [0.1, 0.15) is 10.4 Å². The highest BCUT2D eigenvalue weighted by Gasteiger charge is 2.21. The Morgan fingerprint density at radius 3 is 2.54 bits per heavy atom. The maximum absolute atomic E-state index is 14.0. The molecule has 1 amide bonds. The number of nitrogens with one attached hydrogen (secondary N) is 2. The van der Waals surface area contributed by atoms with Crippen LogP contribution in [-0.2, 0) is 0 Å². The summed E-state index contributed by atoms with van der Waals surface area (Å²) >= 11 is 0. The third-order valence-electron chi connectivity index (χ3n) is 6.61. The molecule has 0 atom stereocenters. The number of nitrogens with zero attached hydrogens (tertiary/aromatic N) is 5. The number of hydrogen-bond acceptors (Lipinski definition) is 6. The molecule has 0 bridgehead atoms. The predicted octanol–water partition coefficient (Wildman–Crippen LogP) is 4.74. The van der Waals surface area contributed by atoms with Crippen molar-refractivity contribution in [3.63, 3.8) is 0 Å². The lowest BCUT2D eigenvalue weighted by molar-refractivity contribution is 0.102. The van der Waals surface area contributed by atoms with Gasteiger partial charge in [0.25, 0.3) is 5.91 Å². The van der Waals surface area contributed by atoms with Crippen molar-refractivity contribution >= 4 is 34.0 Å². The quantitative estimate of drug-likeness (QED) is 0.368. The zero-order valence-electron chi connectivity index (χ0n) is 19.9. The summed E-state index contributed by atoms with van der Waals surface area (Å²) in [6.45, 7) is 3.15. The van der Waals surface area contributed by atoms with Gasteiger partial charge in [-0.3, -0.25) is 9.89 Å². The minimum Gasteiger partial charge on any atom is -0.368 e. The Balaban J connectivity index is 1.17. The van der Waals surface area contributed by atoms with Gasteiger partial charge >= 0.3 is 0 Å². The Hall–Kier alpha value is -4.79. The third-order valence-corrected chi connectivity index (χ3v) is 6.61. The summed E-state index contributed by atoms with van der Waals surface area (Å²) in [5.74, 6) is -0.0900. The second-order valence-electron chi connectivity index (χ2n) is 8.87. The van der Waals surface area contributed by atoms with E-state index >= 15 is 0 Å². The molecular weight excluding hydrogens is 469 g/mol. The van der Waals surface area contributed by atoms with E-state index < -0.39 is 11.7 Å². The molecule has 37 heavy (non-hydrogen) atoms. The summed E-state index contributed by atoms with van der Waals surface area (Å²) in [6.07, 6.45) is 5.29. The molecular formula is C28H24FN7O. The standard InChI is InChI=1S/C28H24FN7O/c29-25-7-2-1-6-23(25)28(37)34-21-4-3-5-22(15-21)35-10-12-36(13-11-35)27-24-14-19(20-16-32-33-17-20)8-9-26(24)30-18-31-27/h1-9,14-18H,10-13H2,(H,32,33)(H,34,37). The fraction of sp³-hybridized carbons (Fsp3) is 0.143. The Bertz CT molecular complexity index is 1560. The number of rotatable bonds is 5. The fourth-order valence-corrected chi connectivity index (χ4v) is 4.68. The topological polar surface area (TPSA) is 90.0 Å². The van der Waals surface area contributed by atoms with Gasteiger partial charge in [-0.05, 0) is 48.0 Å². The van der Waals surface area contributed by atoms with Crippen molar-refractivity contribution in [3.05, 3.63) is 96.8 Å². The third kappa shape index (κ3) is 4.58. The first kappa shape index (κ1) is 22.7. The SMILES string of the molecule is O=C(Nc1cccc(N2CCN(c3ncnc4ccc(-c5cn[nH]c5)cc34)CC2)c1)c1ccccc1F. The molecule has 0 spiro atoms. The number of piperazine rings is 1. The number of hydrogen-bond donors (Lipinski definition) is 2. The number of H-pyrrole nitrogens is 1. The van der Waals surface area contributed by atoms with E-state index in [0.717, 1.165) is 59.7 Å². The number of halogens is 1. The first-order chi connectivity index (χ1) is 18.2. The van der Waals surface area contributed by atoms with Crippen LogP contribution in [0.5, 0.6) is 0 Å². The van der Waals surface area contributed by atoms with Gasteiger partial charge < -0.3 is 15.1 Å². The van der Waals surface area contributed by atoms with E-state index in [1.807, 2.05) is 42.6 Å². The molecule has 184 valence electrons. The Morgan fingerprint density at radius 1 is 0.892 bits per heavy atom. The predicted molar refractivity (Wildman–Crippen MR) is 142 cm³/mol. The molecule has 2 aromatic heterocycles. The smallest absolute Gasteiger partial charge is 0.258 e. The van der Waals surface area contributed by atoms with Crippen LogP contribution in [0.25, 0.3) is 22.0 Å². The van der Waals surface area contributed by atoms with E-state index in [2.05, 4.69) is 41.3 Å². The van der Waals surface area contributed by atoms with E-state index in [0.29, 0.717) is 5.69 Å². The van der Waals surface area contributed by atoms with Crippen LogP contribution in [0.3, 0.4) is 0 Å². The van der Waals surface area contributed by atoms with Gasteiger partial charge in [0, 0.05) is 54.7 Å². The molecule has 0 saturated carbocycles. The van der Waals surface area contributed by atoms with E-state index in [-0.39, 0.29) is 5.56 Å². The molecule has 9 heteroatoms. The molecule has 3 heterocycles. The zero-order chi connectivity index (χ0) is 25.2. The van der Waals surface area contributed by atoms with Crippen molar-refractivity contribution in [1.29, 1.82) is 0 Å². The summed E-state index contributed by atoms with van der Waals surface area (Å²) in [6, 6.07) is 19.8. The molecule has 0 aliphatic carbocycles. The monoisotopic (exact) mass is 493 g/mol. The number of benzene rings is 3. The molecule has 3 aromatic carbocycles. The minimum atomic E-state index is -0.540. The first-order valence-electron chi connectivity index (χ1n) is 12.1. The van der Waals surface area contributed by atoms with Gasteiger partial charge in [-0.1, -0.05) is 24.3 Å². The zero-order valence-corrected chi connectivity index (χ0v) is 19.9.